The Balaban J connectivity index is 1.58. The molecule has 2 fully saturated rings. The molecule has 10 nitrogen and oxygen atoms in total. The number of aliphatic carboxylic acids is 1. The summed E-state index contributed by atoms with van der Waals surface area (Å²) < 4.78 is 13.2. The van der Waals surface area contributed by atoms with E-state index in [1.54, 1.807) is 24.1 Å². The van der Waals surface area contributed by atoms with Gasteiger partial charge in [-0.2, -0.15) is 0 Å². The quantitative estimate of drug-likeness (QED) is 0.515. The van der Waals surface area contributed by atoms with Gasteiger partial charge in [-0.05, 0) is 29.2 Å². The smallest absolute Gasteiger partial charge is 0.334 e. The van der Waals surface area contributed by atoms with E-state index in [4.69, 9.17) is 0 Å². The first-order valence-corrected chi connectivity index (χ1v) is 12.2. The maximum atomic E-state index is 13.3. The minimum atomic E-state index is -1.21. The van der Waals surface area contributed by atoms with Crippen LogP contribution in [0.5, 0.6) is 0 Å². The number of nitrogens with one attached hydrogen (secondary N) is 1. The van der Waals surface area contributed by atoms with Crippen LogP contribution in [0.25, 0.3) is 0 Å². The standard InChI is InChI=1S/C26H32FN5O5/c1-17(19-6-4-3-5-7-19)14-30-15-22-31(21(25(30)36)12-24(34)35)23(33)16-29(2)32(22)26(37)28-13-18-8-10-20(27)11-9-18/h3-11,17,21-22,25,36H,12-16H2,1-2H3,(H,28,37)(H,34,35)/t17?,21-,22-,25?/m0/s1. The van der Waals surface area contributed by atoms with Crippen LogP contribution < -0.4 is 5.32 Å². The zero-order valence-corrected chi connectivity index (χ0v) is 20.8. The number of fused-ring (bicyclic) bond motifs is 1. The average molecular weight is 514 g/mol. The van der Waals surface area contributed by atoms with Gasteiger partial charge >= 0.3 is 12.0 Å². The van der Waals surface area contributed by atoms with Crippen molar-refractivity contribution in [1.82, 2.24) is 25.1 Å². The summed E-state index contributed by atoms with van der Waals surface area (Å²) in [5, 5.41) is 26.5. The first-order valence-electron chi connectivity index (χ1n) is 12.2. The minimum absolute atomic E-state index is 0.00523. The Kier molecular flexibility index (Phi) is 8.06. The van der Waals surface area contributed by atoms with Gasteiger partial charge in [0.15, 0.2) is 0 Å². The molecule has 3 N–H and O–H groups in total. The van der Waals surface area contributed by atoms with Crippen LogP contribution in [0.2, 0.25) is 0 Å². The summed E-state index contributed by atoms with van der Waals surface area (Å²) in [5.41, 5.74) is 1.75. The molecule has 0 aromatic heterocycles. The second-order valence-electron chi connectivity index (χ2n) is 9.57. The third-order valence-electron chi connectivity index (χ3n) is 6.92. The highest BCUT2D eigenvalue weighted by molar-refractivity contribution is 5.83. The van der Waals surface area contributed by atoms with Gasteiger partial charge in [-0.3, -0.25) is 14.5 Å². The predicted octanol–water partition coefficient (Wildman–Crippen LogP) is 1.63. The van der Waals surface area contributed by atoms with E-state index in [1.165, 1.54) is 27.1 Å². The number of carboxylic acid groups (broad SMARTS) is 1. The molecule has 0 bridgehead atoms. The van der Waals surface area contributed by atoms with E-state index in [2.05, 4.69) is 5.32 Å². The summed E-state index contributed by atoms with van der Waals surface area (Å²) in [4.78, 5) is 41.2. The molecule has 198 valence electrons. The predicted molar refractivity (Wildman–Crippen MR) is 132 cm³/mol. The third kappa shape index (κ3) is 5.90. The number of carbonyl (C=O) groups excluding carboxylic acids is 2. The highest BCUT2D eigenvalue weighted by atomic mass is 19.1. The van der Waals surface area contributed by atoms with Gasteiger partial charge in [0, 0.05) is 26.7 Å². The Morgan fingerprint density at radius 1 is 1.14 bits per heavy atom. The van der Waals surface area contributed by atoms with Crippen LogP contribution in [0, 0.1) is 5.82 Å². The molecule has 2 aliphatic heterocycles. The van der Waals surface area contributed by atoms with Crippen molar-refractivity contribution < 1.29 is 29.0 Å². The number of aliphatic hydroxyl groups is 1. The first kappa shape index (κ1) is 26.5. The lowest BCUT2D eigenvalue weighted by Gasteiger charge is -2.56. The molecule has 2 aromatic rings. The molecule has 3 amide bonds. The number of urea groups is 1. The molecule has 2 aliphatic rings. The van der Waals surface area contributed by atoms with Gasteiger partial charge in [-0.15, -0.1) is 0 Å². The summed E-state index contributed by atoms with van der Waals surface area (Å²) in [6.07, 6.45) is -2.50. The molecule has 0 aliphatic carbocycles. The Morgan fingerprint density at radius 2 is 1.81 bits per heavy atom. The number of likely N-dealkylation sites (N-methyl/N-ethyl adjacent to an activating group) is 1. The molecule has 4 rings (SSSR count). The lowest BCUT2D eigenvalue weighted by atomic mass is 9.97. The number of hydrogen-bond donors (Lipinski definition) is 3. The number of hydrazine groups is 1. The van der Waals surface area contributed by atoms with E-state index >= 15 is 0 Å². The van der Waals surface area contributed by atoms with Gasteiger partial charge in [0.1, 0.15) is 18.2 Å². The van der Waals surface area contributed by atoms with E-state index in [0.29, 0.717) is 12.1 Å². The maximum absolute atomic E-state index is 13.3. The van der Waals surface area contributed by atoms with E-state index in [0.717, 1.165) is 5.56 Å². The van der Waals surface area contributed by atoms with Crippen molar-refractivity contribution in [2.24, 2.45) is 0 Å². The van der Waals surface area contributed by atoms with E-state index in [1.807, 2.05) is 37.3 Å². The van der Waals surface area contributed by atoms with Crippen LogP contribution in [0.3, 0.4) is 0 Å². The van der Waals surface area contributed by atoms with Gasteiger partial charge in [-0.1, -0.05) is 49.4 Å². The number of halogens is 1. The summed E-state index contributed by atoms with van der Waals surface area (Å²) in [6, 6.07) is 14.0. The van der Waals surface area contributed by atoms with Crippen molar-refractivity contribution >= 4 is 17.9 Å². The topological polar surface area (TPSA) is 117 Å². The fourth-order valence-corrected chi connectivity index (χ4v) is 5.10. The Hall–Kier alpha value is -3.54. The highest BCUT2D eigenvalue weighted by Crippen LogP contribution is 2.31. The molecule has 37 heavy (non-hydrogen) atoms. The van der Waals surface area contributed by atoms with Crippen molar-refractivity contribution in [3.8, 4) is 0 Å². The van der Waals surface area contributed by atoms with E-state index in [-0.39, 0.29) is 37.3 Å². The minimum Gasteiger partial charge on any atom is -0.481 e. The molecular weight excluding hydrogens is 481 g/mol. The van der Waals surface area contributed by atoms with Crippen molar-refractivity contribution in [2.45, 2.75) is 44.2 Å². The van der Waals surface area contributed by atoms with E-state index in [9.17, 15) is 29.0 Å². The van der Waals surface area contributed by atoms with Crippen LogP contribution >= 0.6 is 0 Å². The number of rotatable bonds is 7. The molecule has 2 aromatic carbocycles. The molecule has 11 heteroatoms. The molecule has 2 heterocycles. The Morgan fingerprint density at radius 3 is 2.46 bits per heavy atom. The van der Waals surface area contributed by atoms with Crippen LogP contribution in [0.4, 0.5) is 9.18 Å². The van der Waals surface area contributed by atoms with Crippen molar-refractivity contribution in [2.75, 3.05) is 26.7 Å². The molecule has 2 saturated heterocycles. The SMILES string of the molecule is CC(CN1C[C@H]2N(C(=O)CN(C)N2C(=O)NCc2ccc(F)cc2)[C@@H](CC(=O)O)C1O)c1ccccc1. The fraction of sp³-hybridized carbons (Fsp3) is 0.423. The number of nitrogens with zero attached hydrogens (tertiary/aromatic N) is 4. The summed E-state index contributed by atoms with van der Waals surface area (Å²) >= 11 is 0. The van der Waals surface area contributed by atoms with Crippen molar-refractivity contribution in [3.63, 3.8) is 0 Å². The second kappa shape index (κ2) is 11.2. The number of aliphatic hydroxyl groups excluding tert-OH is 1. The molecule has 0 radical (unpaired) electrons. The monoisotopic (exact) mass is 513 g/mol. The second-order valence-corrected chi connectivity index (χ2v) is 9.57. The van der Waals surface area contributed by atoms with E-state index < -0.39 is 36.9 Å². The highest BCUT2D eigenvalue weighted by Gasteiger charge is 2.51. The van der Waals surface area contributed by atoms with Crippen LogP contribution in [-0.4, -0.2) is 93.1 Å². The summed E-state index contributed by atoms with van der Waals surface area (Å²) in [6.45, 7) is 2.53. The zero-order chi connectivity index (χ0) is 26.7. The Bertz CT molecular complexity index is 1120. The number of amides is 3. The lowest BCUT2D eigenvalue weighted by Crippen LogP contribution is -2.77. The van der Waals surface area contributed by atoms with Gasteiger partial charge < -0.3 is 20.4 Å². The number of benzene rings is 2. The van der Waals surface area contributed by atoms with Crippen LogP contribution in [0.1, 0.15) is 30.4 Å². The normalized spacial score (nSPS) is 23.5. The number of carbonyl (C=O) groups is 3. The Labute approximate surface area is 214 Å². The molecular formula is C26H32FN5O5. The molecule has 0 spiro atoms. The number of carboxylic acids is 1. The van der Waals surface area contributed by atoms with Crippen molar-refractivity contribution in [3.05, 3.63) is 71.5 Å². The van der Waals surface area contributed by atoms with Crippen molar-refractivity contribution in [1.29, 1.82) is 0 Å². The van der Waals surface area contributed by atoms with Gasteiger partial charge in [-0.25, -0.2) is 19.2 Å². The zero-order valence-electron chi connectivity index (χ0n) is 20.8. The van der Waals surface area contributed by atoms with Gasteiger partial charge in [0.05, 0.1) is 19.0 Å². The van der Waals surface area contributed by atoms with Crippen LogP contribution in [0.15, 0.2) is 54.6 Å². The molecule has 4 atom stereocenters. The average Bonchev–Trinajstić information content (AvgIpc) is 2.86. The maximum Gasteiger partial charge on any atom is 0.334 e. The van der Waals surface area contributed by atoms with Gasteiger partial charge in [0.2, 0.25) is 5.91 Å². The van der Waals surface area contributed by atoms with Crippen LogP contribution in [-0.2, 0) is 16.1 Å². The molecule has 0 saturated carbocycles. The fourth-order valence-electron chi connectivity index (χ4n) is 5.10. The number of piperazine rings is 1. The summed E-state index contributed by atoms with van der Waals surface area (Å²) in [7, 11) is 1.61. The largest absolute Gasteiger partial charge is 0.481 e. The summed E-state index contributed by atoms with van der Waals surface area (Å²) in [5.74, 6) is -1.89. The first-order chi connectivity index (χ1) is 17.7. The third-order valence-corrected chi connectivity index (χ3v) is 6.92. The number of hydrogen-bond acceptors (Lipinski definition) is 6. The molecule has 2 unspecified atom stereocenters. The lowest BCUT2D eigenvalue weighted by molar-refractivity contribution is -0.209. The van der Waals surface area contributed by atoms with Gasteiger partial charge in [0.25, 0.3) is 0 Å².